The first kappa shape index (κ1) is 19.8. The Hall–Kier alpha value is -2.51. The summed E-state index contributed by atoms with van der Waals surface area (Å²) >= 11 is 7.30. The lowest BCUT2D eigenvalue weighted by atomic mass is 10.1. The van der Waals surface area contributed by atoms with E-state index < -0.39 is 24.2 Å². The number of hydrogen-bond acceptors (Lipinski definition) is 7. The SMILES string of the molecule is CNC(=O)[C@H]1C[C@@H](n2cnc3c(C)nc(C#Cc4ccc(Cl)s4)nc32)C(O)C1O. The fourth-order valence-electron chi connectivity index (χ4n) is 3.59. The van der Waals surface area contributed by atoms with E-state index in [2.05, 4.69) is 32.1 Å². The quantitative estimate of drug-likeness (QED) is 0.527. The van der Waals surface area contributed by atoms with E-state index in [-0.39, 0.29) is 12.3 Å². The number of thiophene rings is 1. The summed E-state index contributed by atoms with van der Waals surface area (Å²) in [6.45, 7) is 1.81. The maximum atomic E-state index is 12.0. The number of nitrogens with zero attached hydrogens (tertiary/aromatic N) is 4. The van der Waals surface area contributed by atoms with Gasteiger partial charge in [0.05, 0.1) is 39.3 Å². The van der Waals surface area contributed by atoms with Gasteiger partial charge in [0, 0.05) is 7.05 Å². The van der Waals surface area contributed by atoms with Crippen LogP contribution in [0.15, 0.2) is 18.5 Å². The van der Waals surface area contributed by atoms with Gasteiger partial charge in [0.15, 0.2) is 5.65 Å². The number of carbonyl (C=O) groups excluding carboxylic acids is 1. The minimum absolute atomic E-state index is 0.269. The number of hydrogen-bond donors (Lipinski definition) is 3. The smallest absolute Gasteiger partial charge is 0.225 e. The molecule has 4 rings (SSSR count). The lowest BCUT2D eigenvalue weighted by molar-refractivity contribution is -0.128. The van der Waals surface area contributed by atoms with Crippen LogP contribution in [-0.2, 0) is 4.79 Å². The van der Waals surface area contributed by atoms with Crippen LogP contribution in [0.3, 0.4) is 0 Å². The molecule has 0 saturated heterocycles. The Morgan fingerprint density at radius 1 is 1.31 bits per heavy atom. The van der Waals surface area contributed by atoms with Gasteiger partial charge >= 0.3 is 0 Å². The number of imidazole rings is 1. The Morgan fingerprint density at radius 2 is 2.10 bits per heavy atom. The summed E-state index contributed by atoms with van der Waals surface area (Å²) < 4.78 is 2.34. The lowest BCUT2D eigenvalue weighted by Crippen LogP contribution is -2.36. The molecule has 4 atom stereocenters. The second-order valence-electron chi connectivity index (χ2n) is 6.82. The van der Waals surface area contributed by atoms with Crippen LogP contribution in [0.4, 0.5) is 0 Å². The Morgan fingerprint density at radius 3 is 2.79 bits per heavy atom. The third kappa shape index (κ3) is 3.60. The summed E-state index contributed by atoms with van der Waals surface area (Å²) in [5.41, 5.74) is 1.73. The highest BCUT2D eigenvalue weighted by atomic mass is 35.5. The summed E-state index contributed by atoms with van der Waals surface area (Å²) in [4.78, 5) is 26.1. The Labute approximate surface area is 175 Å². The van der Waals surface area contributed by atoms with Gasteiger partial charge < -0.3 is 20.1 Å². The molecule has 29 heavy (non-hydrogen) atoms. The van der Waals surface area contributed by atoms with Crippen molar-refractivity contribution in [1.29, 1.82) is 0 Å². The van der Waals surface area contributed by atoms with Crippen molar-refractivity contribution in [2.45, 2.75) is 31.6 Å². The van der Waals surface area contributed by atoms with Crippen molar-refractivity contribution in [1.82, 2.24) is 24.8 Å². The molecular formula is C19H18ClN5O3S. The van der Waals surface area contributed by atoms with Gasteiger partial charge in [0.2, 0.25) is 11.7 Å². The molecule has 0 radical (unpaired) electrons. The molecular weight excluding hydrogens is 414 g/mol. The van der Waals surface area contributed by atoms with Gasteiger partial charge in [-0.05, 0) is 37.3 Å². The van der Waals surface area contributed by atoms with Gasteiger partial charge in [-0.1, -0.05) is 11.6 Å². The van der Waals surface area contributed by atoms with E-state index in [0.717, 1.165) is 4.88 Å². The number of nitrogens with one attached hydrogen (secondary N) is 1. The zero-order chi connectivity index (χ0) is 20.7. The number of aryl methyl sites for hydroxylation is 1. The van der Waals surface area contributed by atoms with Crippen molar-refractivity contribution in [3.8, 4) is 11.8 Å². The normalized spacial score (nSPS) is 23.8. The van der Waals surface area contributed by atoms with Gasteiger partial charge in [-0.2, -0.15) is 0 Å². The molecule has 10 heteroatoms. The first-order valence-electron chi connectivity index (χ1n) is 8.95. The van der Waals surface area contributed by atoms with Gasteiger partial charge in [0.25, 0.3) is 0 Å². The zero-order valence-electron chi connectivity index (χ0n) is 15.6. The molecule has 1 aliphatic rings. The first-order chi connectivity index (χ1) is 13.9. The standard InChI is InChI=1S/C19H18ClN5O3S/c1-9-15-18(24-14(23-9)6-4-10-3-5-13(20)29-10)25(8-22-15)12-7-11(19(28)21-2)16(26)17(12)27/h3,5,8,11-12,16-17,26-27H,7H2,1-2H3,(H,21,28)/t11-,12+,16?,17?/m0/s1. The molecule has 0 bridgehead atoms. The van der Waals surface area contributed by atoms with E-state index in [1.807, 2.05) is 13.0 Å². The molecule has 3 aromatic heterocycles. The van der Waals surface area contributed by atoms with Crippen molar-refractivity contribution in [2.75, 3.05) is 7.05 Å². The van der Waals surface area contributed by atoms with E-state index in [0.29, 0.717) is 27.0 Å². The highest BCUT2D eigenvalue weighted by molar-refractivity contribution is 7.16. The average Bonchev–Trinajstić information content (AvgIpc) is 3.39. The zero-order valence-corrected chi connectivity index (χ0v) is 17.2. The number of carbonyl (C=O) groups is 1. The van der Waals surface area contributed by atoms with Crippen molar-refractivity contribution in [3.63, 3.8) is 0 Å². The van der Waals surface area contributed by atoms with Crippen LogP contribution in [0.2, 0.25) is 4.34 Å². The number of aliphatic hydroxyl groups excluding tert-OH is 2. The number of rotatable bonds is 2. The molecule has 1 fully saturated rings. The maximum Gasteiger partial charge on any atom is 0.225 e. The van der Waals surface area contributed by atoms with Crippen LogP contribution in [0, 0.1) is 24.7 Å². The molecule has 1 saturated carbocycles. The highest BCUT2D eigenvalue weighted by Gasteiger charge is 2.46. The van der Waals surface area contributed by atoms with Crippen LogP contribution < -0.4 is 5.32 Å². The molecule has 1 aliphatic carbocycles. The second kappa shape index (κ2) is 7.72. The summed E-state index contributed by atoms with van der Waals surface area (Å²) in [6, 6.07) is 3.06. The Bertz CT molecular complexity index is 1150. The van der Waals surface area contributed by atoms with E-state index in [9.17, 15) is 15.0 Å². The van der Waals surface area contributed by atoms with Crippen LogP contribution >= 0.6 is 22.9 Å². The fraction of sp³-hybridized carbons (Fsp3) is 0.368. The van der Waals surface area contributed by atoms with Crippen LogP contribution in [0.25, 0.3) is 11.2 Å². The van der Waals surface area contributed by atoms with E-state index in [1.54, 1.807) is 17.0 Å². The molecule has 1 amide bonds. The molecule has 3 aromatic rings. The van der Waals surface area contributed by atoms with Crippen molar-refractivity contribution < 1.29 is 15.0 Å². The lowest BCUT2D eigenvalue weighted by Gasteiger charge is -2.18. The molecule has 3 N–H and O–H groups in total. The minimum atomic E-state index is -1.16. The molecule has 8 nitrogen and oxygen atoms in total. The van der Waals surface area contributed by atoms with E-state index in [4.69, 9.17) is 11.6 Å². The maximum absolute atomic E-state index is 12.0. The van der Waals surface area contributed by atoms with Crippen molar-refractivity contribution >= 4 is 40.0 Å². The molecule has 3 heterocycles. The predicted octanol–water partition coefficient (Wildman–Crippen LogP) is 1.28. The van der Waals surface area contributed by atoms with Gasteiger partial charge in [-0.3, -0.25) is 4.79 Å². The number of aliphatic hydroxyl groups is 2. The third-order valence-electron chi connectivity index (χ3n) is 5.06. The Kier molecular flexibility index (Phi) is 5.27. The largest absolute Gasteiger partial charge is 0.390 e. The summed E-state index contributed by atoms with van der Waals surface area (Å²) in [7, 11) is 1.50. The monoisotopic (exact) mass is 431 g/mol. The molecule has 0 spiro atoms. The van der Waals surface area contributed by atoms with Crippen LogP contribution in [-0.4, -0.2) is 54.9 Å². The van der Waals surface area contributed by atoms with Crippen LogP contribution in [0.5, 0.6) is 0 Å². The second-order valence-corrected chi connectivity index (χ2v) is 8.53. The molecule has 0 aromatic carbocycles. The molecule has 2 unspecified atom stereocenters. The molecule has 0 aliphatic heterocycles. The van der Waals surface area contributed by atoms with E-state index in [1.165, 1.54) is 18.4 Å². The van der Waals surface area contributed by atoms with Crippen molar-refractivity contribution in [3.05, 3.63) is 39.2 Å². The van der Waals surface area contributed by atoms with Gasteiger partial charge in [0.1, 0.15) is 11.6 Å². The highest BCUT2D eigenvalue weighted by Crippen LogP contribution is 2.37. The van der Waals surface area contributed by atoms with Gasteiger partial charge in [-0.15, -0.1) is 11.3 Å². The topological polar surface area (TPSA) is 113 Å². The average molecular weight is 432 g/mol. The van der Waals surface area contributed by atoms with Gasteiger partial charge in [-0.25, -0.2) is 15.0 Å². The Balaban J connectivity index is 1.72. The van der Waals surface area contributed by atoms with Crippen LogP contribution in [0.1, 0.15) is 28.9 Å². The van der Waals surface area contributed by atoms with Crippen molar-refractivity contribution in [2.24, 2.45) is 5.92 Å². The minimum Gasteiger partial charge on any atom is -0.390 e. The fourth-order valence-corrected chi connectivity index (χ4v) is 4.48. The summed E-state index contributed by atoms with van der Waals surface area (Å²) in [6.07, 6.45) is -0.461. The number of amides is 1. The third-order valence-corrected chi connectivity index (χ3v) is 6.21. The summed E-state index contributed by atoms with van der Waals surface area (Å²) in [5, 5.41) is 23.4. The van der Waals surface area contributed by atoms with E-state index >= 15 is 0 Å². The number of halogens is 1. The molecule has 150 valence electrons. The first-order valence-corrected chi connectivity index (χ1v) is 10.1. The number of aromatic nitrogens is 4. The predicted molar refractivity (Wildman–Crippen MR) is 109 cm³/mol. The summed E-state index contributed by atoms with van der Waals surface area (Å²) in [5.74, 6) is 5.22. The number of fused-ring (bicyclic) bond motifs is 1.